The minimum absolute atomic E-state index is 0.192. The molecule has 0 spiro atoms. The van der Waals surface area contributed by atoms with E-state index >= 15 is 0 Å². The molecule has 1 aliphatic rings. The lowest BCUT2D eigenvalue weighted by Crippen LogP contribution is -2.40. The number of piperidine rings is 1. The second-order valence-corrected chi connectivity index (χ2v) is 7.17. The van der Waals surface area contributed by atoms with Gasteiger partial charge in [-0.15, -0.1) is 0 Å². The van der Waals surface area contributed by atoms with Crippen molar-refractivity contribution in [2.24, 2.45) is 0 Å². The topological polar surface area (TPSA) is 58.6 Å². The molecule has 0 unspecified atom stereocenters. The maximum atomic E-state index is 12.7. The van der Waals surface area contributed by atoms with Crippen LogP contribution in [0.1, 0.15) is 25.3 Å². The van der Waals surface area contributed by atoms with Gasteiger partial charge in [0, 0.05) is 26.2 Å². The number of benzene rings is 1. The number of nitrogens with zero attached hydrogens (tertiary/aromatic N) is 1. The molecule has 0 aromatic heterocycles. The van der Waals surface area contributed by atoms with Crippen LogP contribution in [-0.4, -0.2) is 45.6 Å². The molecule has 6 heteroatoms. The van der Waals surface area contributed by atoms with Crippen LogP contribution in [0.5, 0.6) is 0 Å². The van der Waals surface area contributed by atoms with Gasteiger partial charge in [-0.1, -0.05) is 12.1 Å². The highest BCUT2D eigenvalue weighted by atomic mass is 32.2. The Kier molecular flexibility index (Phi) is 5.75. The Balaban J connectivity index is 2.10. The molecule has 1 fully saturated rings. The van der Waals surface area contributed by atoms with Crippen molar-refractivity contribution in [2.45, 2.75) is 37.3 Å². The van der Waals surface area contributed by atoms with E-state index in [1.165, 1.54) is 0 Å². The van der Waals surface area contributed by atoms with Crippen LogP contribution >= 0.6 is 0 Å². The van der Waals surface area contributed by atoms with Crippen molar-refractivity contribution >= 4 is 10.0 Å². The molecule has 0 bridgehead atoms. The first-order chi connectivity index (χ1) is 10.1. The number of nitrogens with one attached hydrogen (secondary N) is 1. The van der Waals surface area contributed by atoms with Crippen molar-refractivity contribution in [1.29, 1.82) is 0 Å². The highest BCUT2D eigenvalue weighted by Crippen LogP contribution is 2.22. The SMILES string of the molecule is CCOC1CCN(S(=O)(=O)c2cccc(CNC)c2)CC1. The molecule has 1 aromatic carbocycles. The normalized spacial score (nSPS) is 18.0. The molecule has 1 heterocycles. The zero-order valence-corrected chi connectivity index (χ0v) is 13.5. The van der Waals surface area contributed by atoms with Crippen molar-refractivity contribution in [3.63, 3.8) is 0 Å². The lowest BCUT2D eigenvalue weighted by Gasteiger charge is -2.31. The van der Waals surface area contributed by atoms with E-state index in [1.54, 1.807) is 22.5 Å². The number of hydrogen-bond acceptors (Lipinski definition) is 4. The van der Waals surface area contributed by atoms with Crippen LogP contribution < -0.4 is 5.32 Å². The van der Waals surface area contributed by atoms with Crippen molar-refractivity contribution < 1.29 is 13.2 Å². The average Bonchev–Trinajstić information content (AvgIpc) is 2.49. The van der Waals surface area contributed by atoms with Gasteiger partial charge < -0.3 is 10.1 Å². The van der Waals surface area contributed by atoms with E-state index in [-0.39, 0.29) is 6.10 Å². The molecule has 21 heavy (non-hydrogen) atoms. The van der Waals surface area contributed by atoms with E-state index in [2.05, 4.69) is 5.32 Å². The molecule has 0 amide bonds. The number of sulfonamides is 1. The summed E-state index contributed by atoms with van der Waals surface area (Å²) >= 11 is 0. The summed E-state index contributed by atoms with van der Waals surface area (Å²) in [6.07, 6.45) is 1.73. The fraction of sp³-hybridized carbons (Fsp3) is 0.600. The van der Waals surface area contributed by atoms with Crippen LogP contribution in [0.4, 0.5) is 0 Å². The second-order valence-electron chi connectivity index (χ2n) is 5.24. The number of rotatable bonds is 6. The average molecular weight is 312 g/mol. The molecule has 5 nitrogen and oxygen atoms in total. The Morgan fingerprint density at radius 1 is 1.33 bits per heavy atom. The molecule has 0 saturated carbocycles. The third-order valence-electron chi connectivity index (χ3n) is 3.72. The molecular weight excluding hydrogens is 288 g/mol. The van der Waals surface area contributed by atoms with E-state index in [9.17, 15) is 8.42 Å². The van der Waals surface area contributed by atoms with Gasteiger partial charge in [0.05, 0.1) is 11.0 Å². The summed E-state index contributed by atoms with van der Waals surface area (Å²) in [4.78, 5) is 0.380. The first kappa shape index (κ1) is 16.4. The molecule has 1 aromatic rings. The molecule has 1 N–H and O–H groups in total. The summed E-state index contributed by atoms with van der Waals surface area (Å²) in [5, 5.41) is 3.04. The van der Waals surface area contributed by atoms with Crippen LogP contribution in [0, 0.1) is 0 Å². The van der Waals surface area contributed by atoms with Crippen LogP contribution in [0.2, 0.25) is 0 Å². The highest BCUT2D eigenvalue weighted by molar-refractivity contribution is 7.89. The minimum Gasteiger partial charge on any atom is -0.378 e. The molecular formula is C15H24N2O3S. The maximum absolute atomic E-state index is 12.7. The molecule has 1 saturated heterocycles. The van der Waals surface area contributed by atoms with Gasteiger partial charge in [-0.25, -0.2) is 8.42 Å². The Hall–Kier alpha value is -0.950. The Labute approximate surface area is 127 Å². The molecule has 0 aliphatic carbocycles. The fourth-order valence-electron chi connectivity index (χ4n) is 2.64. The lowest BCUT2D eigenvalue weighted by molar-refractivity contribution is 0.0290. The van der Waals surface area contributed by atoms with Gasteiger partial charge in [0.2, 0.25) is 10.0 Å². The van der Waals surface area contributed by atoms with Gasteiger partial charge in [-0.05, 0) is 44.5 Å². The minimum atomic E-state index is -3.39. The predicted octanol–water partition coefficient (Wildman–Crippen LogP) is 1.60. The Morgan fingerprint density at radius 2 is 2.05 bits per heavy atom. The Morgan fingerprint density at radius 3 is 2.67 bits per heavy atom. The summed E-state index contributed by atoms with van der Waals surface area (Å²) in [6, 6.07) is 7.15. The fourth-order valence-corrected chi connectivity index (χ4v) is 4.18. The van der Waals surface area contributed by atoms with Crippen LogP contribution in [0.15, 0.2) is 29.2 Å². The van der Waals surface area contributed by atoms with Crippen LogP contribution in [-0.2, 0) is 21.3 Å². The predicted molar refractivity (Wildman–Crippen MR) is 82.6 cm³/mol. The zero-order valence-electron chi connectivity index (χ0n) is 12.7. The lowest BCUT2D eigenvalue weighted by atomic mass is 10.1. The van der Waals surface area contributed by atoms with Gasteiger partial charge in [-0.2, -0.15) is 4.31 Å². The van der Waals surface area contributed by atoms with E-state index in [4.69, 9.17) is 4.74 Å². The summed E-state index contributed by atoms with van der Waals surface area (Å²) < 4.78 is 32.5. The van der Waals surface area contributed by atoms with E-state index in [1.807, 2.05) is 20.0 Å². The van der Waals surface area contributed by atoms with Crippen LogP contribution in [0.25, 0.3) is 0 Å². The summed E-state index contributed by atoms with van der Waals surface area (Å²) in [6.45, 7) is 4.38. The van der Waals surface area contributed by atoms with Crippen molar-refractivity contribution in [3.05, 3.63) is 29.8 Å². The van der Waals surface area contributed by atoms with E-state index < -0.39 is 10.0 Å². The zero-order chi connectivity index (χ0) is 15.3. The van der Waals surface area contributed by atoms with Gasteiger partial charge >= 0.3 is 0 Å². The molecule has 0 radical (unpaired) electrons. The molecule has 2 rings (SSSR count). The first-order valence-electron chi connectivity index (χ1n) is 7.43. The second kappa shape index (κ2) is 7.35. The van der Waals surface area contributed by atoms with Gasteiger partial charge in [0.15, 0.2) is 0 Å². The molecule has 118 valence electrons. The van der Waals surface area contributed by atoms with E-state index in [0.717, 1.165) is 18.4 Å². The number of hydrogen-bond donors (Lipinski definition) is 1. The van der Waals surface area contributed by atoms with Gasteiger partial charge in [0.25, 0.3) is 0 Å². The van der Waals surface area contributed by atoms with Gasteiger partial charge in [-0.3, -0.25) is 0 Å². The van der Waals surface area contributed by atoms with E-state index in [0.29, 0.717) is 31.1 Å². The third-order valence-corrected chi connectivity index (χ3v) is 5.62. The highest BCUT2D eigenvalue weighted by Gasteiger charge is 2.29. The summed E-state index contributed by atoms with van der Waals surface area (Å²) in [5.74, 6) is 0. The largest absolute Gasteiger partial charge is 0.378 e. The summed E-state index contributed by atoms with van der Waals surface area (Å²) in [5.41, 5.74) is 0.975. The first-order valence-corrected chi connectivity index (χ1v) is 8.87. The van der Waals surface area contributed by atoms with Crippen molar-refractivity contribution in [2.75, 3.05) is 26.7 Å². The Bertz CT molecular complexity index is 552. The third kappa shape index (κ3) is 4.03. The van der Waals surface area contributed by atoms with Crippen molar-refractivity contribution in [1.82, 2.24) is 9.62 Å². The molecule has 1 aliphatic heterocycles. The quantitative estimate of drug-likeness (QED) is 0.867. The monoisotopic (exact) mass is 312 g/mol. The van der Waals surface area contributed by atoms with Crippen molar-refractivity contribution in [3.8, 4) is 0 Å². The van der Waals surface area contributed by atoms with Crippen LogP contribution in [0.3, 0.4) is 0 Å². The maximum Gasteiger partial charge on any atom is 0.243 e. The number of ether oxygens (including phenoxy) is 1. The standard InChI is InChI=1S/C15H24N2O3S/c1-3-20-14-7-9-17(10-8-14)21(18,19)15-6-4-5-13(11-15)12-16-2/h4-6,11,14,16H,3,7-10,12H2,1-2H3. The molecule has 0 atom stereocenters. The van der Waals surface area contributed by atoms with Gasteiger partial charge in [0.1, 0.15) is 0 Å². The smallest absolute Gasteiger partial charge is 0.243 e. The summed E-state index contributed by atoms with van der Waals surface area (Å²) in [7, 11) is -1.54.